The molecule has 1 heterocycles. The predicted molar refractivity (Wildman–Crippen MR) is 64.3 cm³/mol. The summed E-state index contributed by atoms with van der Waals surface area (Å²) < 4.78 is 5.04. The van der Waals surface area contributed by atoms with Gasteiger partial charge in [-0.2, -0.15) is 0 Å². The maximum atomic E-state index is 10.3. The summed E-state index contributed by atoms with van der Waals surface area (Å²) in [5.41, 5.74) is 4.57. The quantitative estimate of drug-likeness (QED) is 0.366. The lowest BCUT2D eigenvalue weighted by molar-refractivity contribution is -0.670. The maximum Gasteiger partial charge on any atom is 0.271 e. The number of nitro groups is 1. The molecular weight excluding hydrogens is 254 g/mol. The number of carboxylic acids is 1. The van der Waals surface area contributed by atoms with Crippen molar-refractivity contribution >= 4 is 17.3 Å². The van der Waals surface area contributed by atoms with Crippen molar-refractivity contribution in [2.24, 2.45) is 0 Å². The first-order valence-electron chi connectivity index (χ1n) is 5.67. The summed E-state index contributed by atoms with van der Waals surface area (Å²) in [6.45, 7) is 4.19. The molecule has 1 aromatic rings. The molecule has 1 aliphatic rings. The molecule has 1 fully saturated rings. The Morgan fingerprint density at radius 2 is 2.00 bits per heavy atom. The van der Waals surface area contributed by atoms with Crippen molar-refractivity contribution in [3.63, 3.8) is 0 Å². The van der Waals surface area contributed by atoms with E-state index in [4.69, 9.17) is 10.5 Å². The van der Waals surface area contributed by atoms with Crippen molar-refractivity contribution in [1.29, 1.82) is 0 Å². The first-order valence-corrected chi connectivity index (χ1v) is 5.67. The standard InChI is InChI=1S/C7H6N2O4.C4H9NO/c8-6-3-4(9(12)13)1-2-5(6)7(10)11;1-3-6-4-2-5-1/h1-3H,8H2,(H,10,11);5H,1-4H2. The van der Waals surface area contributed by atoms with E-state index in [0.29, 0.717) is 0 Å². The number of carbonyl (C=O) groups excluding carboxylic acids is 1. The Hall–Kier alpha value is -2.19. The number of ether oxygens (including phenoxy) is 1. The van der Waals surface area contributed by atoms with Crippen molar-refractivity contribution in [3.8, 4) is 0 Å². The summed E-state index contributed by atoms with van der Waals surface area (Å²) in [5, 5.41) is 22.8. The number of carbonyl (C=O) groups is 1. The molecule has 0 bridgehead atoms. The summed E-state index contributed by atoms with van der Waals surface area (Å²) in [6.07, 6.45) is 0. The summed E-state index contributed by atoms with van der Waals surface area (Å²) in [4.78, 5) is 19.9. The summed E-state index contributed by atoms with van der Waals surface area (Å²) in [7, 11) is 0. The average molecular weight is 269 g/mol. The van der Waals surface area contributed by atoms with E-state index < -0.39 is 10.9 Å². The molecule has 4 N–H and O–H groups in total. The minimum atomic E-state index is -1.45. The summed E-state index contributed by atoms with van der Waals surface area (Å²) in [5.74, 6) is -1.45. The lowest BCUT2D eigenvalue weighted by Crippen LogP contribution is -2.87. The van der Waals surface area contributed by atoms with Crippen LogP contribution in [0, 0.1) is 10.1 Å². The molecule has 1 saturated heterocycles. The van der Waals surface area contributed by atoms with Crippen LogP contribution in [0.15, 0.2) is 18.2 Å². The zero-order valence-electron chi connectivity index (χ0n) is 10.2. The lowest BCUT2D eigenvalue weighted by Gasteiger charge is -2.07. The van der Waals surface area contributed by atoms with E-state index in [1.807, 2.05) is 0 Å². The average Bonchev–Trinajstić information content (AvgIpc) is 2.40. The number of nitro benzene ring substituents is 1. The highest BCUT2D eigenvalue weighted by Crippen LogP contribution is 2.18. The van der Waals surface area contributed by atoms with Crippen LogP contribution in [0.25, 0.3) is 0 Å². The minimum Gasteiger partial charge on any atom is -0.545 e. The highest BCUT2D eigenvalue weighted by molar-refractivity contribution is 5.92. The Balaban J connectivity index is 0.000000250. The van der Waals surface area contributed by atoms with Crippen LogP contribution in [0.4, 0.5) is 11.4 Å². The second-order valence-electron chi connectivity index (χ2n) is 3.79. The first-order chi connectivity index (χ1) is 9.02. The number of anilines is 1. The largest absolute Gasteiger partial charge is 0.545 e. The Morgan fingerprint density at radius 1 is 1.37 bits per heavy atom. The number of rotatable bonds is 2. The van der Waals surface area contributed by atoms with Gasteiger partial charge in [-0.15, -0.1) is 0 Å². The molecule has 2 rings (SSSR count). The van der Waals surface area contributed by atoms with Crippen LogP contribution in [0.2, 0.25) is 0 Å². The van der Waals surface area contributed by atoms with Crippen LogP contribution in [0.3, 0.4) is 0 Å². The van der Waals surface area contributed by atoms with E-state index in [1.165, 1.54) is 0 Å². The third kappa shape index (κ3) is 4.90. The van der Waals surface area contributed by atoms with Crippen molar-refractivity contribution in [3.05, 3.63) is 33.9 Å². The van der Waals surface area contributed by atoms with Crippen LogP contribution < -0.4 is 16.2 Å². The Labute approximate surface area is 109 Å². The molecule has 0 atom stereocenters. The second kappa shape index (κ2) is 7.29. The van der Waals surface area contributed by atoms with Gasteiger partial charge in [0, 0.05) is 23.4 Å². The van der Waals surface area contributed by atoms with Gasteiger partial charge in [0.2, 0.25) is 0 Å². The van der Waals surface area contributed by atoms with Crippen molar-refractivity contribution in [1.82, 2.24) is 0 Å². The molecule has 0 spiro atoms. The van der Waals surface area contributed by atoms with Crippen LogP contribution >= 0.6 is 0 Å². The number of carboxylic acid groups (broad SMARTS) is 1. The smallest absolute Gasteiger partial charge is 0.271 e. The summed E-state index contributed by atoms with van der Waals surface area (Å²) in [6, 6.07) is 3.08. The van der Waals surface area contributed by atoms with Gasteiger partial charge in [-0.05, 0) is 6.07 Å². The molecule has 0 aromatic heterocycles. The zero-order valence-corrected chi connectivity index (χ0v) is 10.2. The van der Waals surface area contributed by atoms with Crippen LogP contribution in [-0.4, -0.2) is 37.2 Å². The molecule has 0 radical (unpaired) electrons. The Bertz CT molecular complexity index is 448. The monoisotopic (exact) mass is 269 g/mol. The number of hydrogen-bond donors (Lipinski definition) is 2. The number of nitrogens with zero attached hydrogens (tertiary/aromatic N) is 1. The molecule has 1 aliphatic heterocycles. The number of nitrogens with two attached hydrogens (primary N) is 2. The number of non-ortho nitro benzene ring substituents is 1. The third-order valence-corrected chi connectivity index (χ3v) is 2.40. The highest BCUT2D eigenvalue weighted by atomic mass is 16.6. The van der Waals surface area contributed by atoms with Gasteiger partial charge in [0.15, 0.2) is 0 Å². The molecular formula is C11H15N3O5. The van der Waals surface area contributed by atoms with E-state index in [2.05, 4.69) is 5.32 Å². The topological polar surface area (TPSA) is 135 Å². The fourth-order valence-electron chi connectivity index (χ4n) is 1.43. The molecule has 0 aliphatic carbocycles. The SMILES string of the molecule is C1COCC[NH2+]1.Nc1cc([N+](=O)[O-])ccc1C(=O)[O-]. The Kier molecular flexibility index (Phi) is 5.71. The number of hydrogen-bond acceptors (Lipinski definition) is 6. The van der Waals surface area contributed by atoms with Gasteiger partial charge in [0.05, 0.1) is 37.2 Å². The van der Waals surface area contributed by atoms with Crippen LogP contribution in [0.5, 0.6) is 0 Å². The zero-order chi connectivity index (χ0) is 14.3. The van der Waals surface area contributed by atoms with Crippen molar-refractivity contribution in [2.75, 3.05) is 32.0 Å². The van der Waals surface area contributed by atoms with Crippen LogP contribution in [0.1, 0.15) is 10.4 Å². The van der Waals surface area contributed by atoms with Crippen molar-refractivity contribution in [2.45, 2.75) is 0 Å². The fourth-order valence-corrected chi connectivity index (χ4v) is 1.43. The van der Waals surface area contributed by atoms with Crippen LogP contribution in [-0.2, 0) is 4.74 Å². The van der Waals surface area contributed by atoms with Gasteiger partial charge >= 0.3 is 0 Å². The highest BCUT2D eigenvalue weighted by Gasteiger charge is 2.08. The number of aromatic carboxylic acids is 1. The second-order valence-corrected chi connectivity index (χ2v) is 3.79. The van der Waals surface area contributed by atoms with Gasteiger partial charge in [-0.1, -0.05) is 0 Å². The fraction of sp³-hybridized carbons (Fsp3) is 0.364. The number of morpholine rings is 1. The first kappa shape index (κ1) is 14.9. The molecule has 19 heavy (non-hydrogen) atoms. The van der Waals surface area contributed by atoms with E-state index in [9.17, 15) is 20.0 Å². The van der Waals surface area contributed by atoms with E-state index in [0.717, 1.165) is 44.5 Å². The van der Waals surface area contributed by atoms with Gasteiger partial charge in [0.1, 0.15) is 0 Å². The van der Waals surface area contributed by atoms with E-state index in [-0.39, 0.29) is 16.9 Å². The van der Waals surface area contributed by atoms with Crippen molar-refractivity contribution < 1.29 is 24.9 Å². The van der Waals surface area contributed by atoms with Gasteiger partial charge in [-0.3, -0.25) is 10.1 Å². The number of quaternary nitrogens is 1. The molecule has 0 amide bonds. The normalized spacial score (nSPS) is 14.1. The Morgan fingerprint density at radius 3 is 2.32 bits per heavy atom. The summed E-state index contributed by atoms with van der Waals surface area (Å²) >= 11 is 0. The van der Waals surface area contributed by atoms with Gasteiger partial charge in [0.25, 0.3) is 5.69 Å². The van der Waals surface area contributed by atoms with E-state index in [1.54, 1.807) is 0 Å². The van der Waals surface area contributed by atoms with E-state index >= 15 is 0 Å². The predicted octanol–water partition coefficient (Wildman–Crippen LogP) is -1.88. The van der Waals surface area contributed by atoms with Gasteiger partial charge in [-0.25, -0.2) is 0 Å². The molecule has 1 aromatic carbocycles. The molecule has 0 unspecified atom stereocenters. The lowest BCUT2D eigenvalue weighted by atomic mass is 10.1. The molecule has 8 heteroatoms. The minimum absolute atomic E-state index is 0.172. The molecule has 104 valence electrons. The maximum absolute atomic E-state index is 10.3. The molecule has 0 saturated carbocycles. The number of benzene rings is 1. The third-order valence-electron chi connectivity index (χ3n) is 2.40. The number of nitrogen functional groups attached to an aromatic ring is 1. The molecule has 8 nitrogen and oxygen atoms in total. The van der Waals surface area contributed by atoms with Gasteiger partial charge < -0.3 is 25.7 Å².